The highest BCUT2D eigenvalue weighted by molar-refractivity contribution is 7.89. The Labute approximate surface area is 129 Å². The number of hydrogen-bond acceptors (Lipinski definition) is 4. The monoisotopic (exact) mass is 328 g/mol. The predicted molar refractivity (Wildman–Crippen MR) is 83.4 cm³/mol. The van der Waals surface area contributed by atoms with Crippen LogP contribution in [0.25, 0.3) is 10.9 Å². The summed E-state index contributed by atoms with van der Waals surface area (Å²) in [5.41, 5.74) is 0.444. The average molecular weight is 329 g/mol. The van der Waals surface area contributed by atoms with Crippen LogP contribution in [0.15, 0.2) is 29.2 Å². The molecule has 0 radical (unpaired) electrons. The van der Waals surface area contributed by atoms with Crippen LogP contribution in [0.2, 0.25) is 5.15 Å². The van der Waals surface area contributed by atoms with Crippen LogP contribution in [0, 0.1) is 0 Å². The number of aromatic nitrogens is 1. The van der Waals surface area contributed by atoms with Gasteiger partial charge in [0.25, 0.3) is 0 Å². The number of halogens is 1. The van der Waals surface area contributed by atoms with E-state index in [0.717, 1.165) is 0 Å². The summed E-state index contributed by atoms with van der Waals surface area (Å²) in [5, 5.41) is 0.779. The maximum absolute atomic E-state index is 12.4. The number of rotatable bonds is 4. The molecule has 0 amide bonds. The maximum atomic E-state index is 12.4. The smallest absolute Gasteiger partial charge is 0.243 e. The summed E-state index contributed by atoms with van der Waals surface area (Å²) in [4.78, 5) is 4.40. The fourth-order valence-corrected chi connectivity index (χ4v) is 3.14. The Morgan fingerprint density at radius 2 is 1.86 bits per heavy atom. The van der Waals surface area contributed by atoms with Gasteiger partial charge in [0, 0.05) is 19.5 Å². The summed E-state index contributed by atoms with van der Waals surface area (Å²) >= 11 is 5.93. The Hall–Kier alpha value is -1.37. The van der Waals surface area contributed by atoms with Crippen LogP contribution in [0.1, 0.15) is 13.8 Å². The highest BCUT2D eigenvalue weighted by Crippen LogP contribution is 2.32. The van der Waals surface area contributed by atoms with Gasteiger partial charge in [-0.25, -0.2) is 17.7 Å². The van der Waals surface area contributed by atoms with Gasteiger partial charge in [-0.1, -0.05) is 11.6 Å². The molecule has 0 saturated carbocycles. The summed E-state index contributed by atoms with van der Waals surface area (Å²) in [6.07, 6.45) is -0.0507. The van der Waals surface area contributed by atoms with Gasteiger partial charge in [0.1, 0.15) is 16.4 Å². The normalized spacial score (nSPS) is 12.3. The first-order valence-electron chi connectivity index (χ1n) is 6.42. The third-order valence-electron chi connectivity index (χ3n) is 2.87. The zero-order valence-corrected chi connectivity index (χ0v) is 13.9. The van der Waals surface area contributed by atoms with E-state index in [1.807, 2.05) is 13.8 Å². The highest BCUT2D eigenvalue weighted by Gasteiger charge is 2.22. The zero-order valence-electron chi connectivity index (χ0n) is 12.3. The van der Waals surface area contributed by atoms with E-state index < -0.39 is 10.0 Å². The van der Waals surface area contributed by atoms with Crippen molar-refractivity contribution in [1.82, 2.24) is 9.29 Å². The molecule has 0 bridgehead atoms. The van der Waals surface area contributed by atoms with Gasteiger partial charge in [-0.3, -0.25) is 0 Å². The van der Waals surface area contributed by atoms with E-state index in [1.165, 1.54) is 24.5 Å². The number of pyridine rings is 1. The number of hydrogen-bond donors (Lipinski definition) is 0. The zero-order chi connectivity index (χ0) is 15.8. The Balaban J connectivity index is 2.78. The second-order valence-electron chi connectivity index (χ2n) is 5.05. The van der Waals surface area contributed by atoms with Crippen LogP contribution >= 0.6 is 11.6 Å². The first-order valence-corrected chi connectivity index (χ1v) is 8.23. The fraction of sp³-hybridized carbons (Fsp3) is 0.357. The van der Waals surface area contributed by atoms with E-state index in [0.29, 0.717) is 16.7 Å². The van der Waals surface area contributed by atoms with Crippen molar-refractivity contribution in [3.8, 4) is 5.75 Å². The van der Waals surface area contributed by atoms with Gasteiger partial charge < -0.3 is 4.74 Å². The highest BCUT2D eigenvalue weighted by atomic mass is 35.5. The molecule has 2 rings (SSSR count). The van der Waals surface area contributed by atoms with Crippen molar-refractivity contribution in [1.29, 1.82) is 0 Å². The van der Waals surface area contributed by atoms with Gasteiger partial charge in [-0.15, -0.1) is 0 Å². The largest absolute Gasteiger partial charge is 0.489 e. The van der Waals surface area contributed by atoms with Crippen molar-refractivity contribution >= 4 is 32.5 Å². The lowest BCUT2D eigenvalue weighted by molar-refractivity contribution is 0.245. The molecule has 7 heteroatoms. The Morgan fingerprint density at radius 3 is 2.43 bits per heavy atom. The predicted octanol–water partition coefficient (Wildman–Crippen LogP) is 2.93. The minimum Gasteiger partial charge on any atom is -0.489 e. The Morgan fingerprint density at radius 1 is 1.19 bits per heavy atom. The first kappa shape index (κ1) is 16.0. The van der Waals surface area contributed by atoms with Gasteiger partial charge >= 0.3 is 0 Å². The van der Waals surface area contributed by atoms with E-state index in [2.05, 4.69) is 4.98 Å². The molecule has 1 aromatic heterocycles. The molecule has 0 fully saturated rings. The number of sulfonamides is 1. The first-order chi connectivity index (χ1) is 9.73. The van der Waals surface area contributed by atoms with Crippen LogP contribution < -0.4 is 4.74 Å². The van der Waals surface area contributed by atoms with E-state index in [4.69, 9.17) is 16.3 Å². The second kappa shape index (κ2) is 5.79. The molecule has 114 valence electrons. The third-order valence-corrected chi connectivity index (χ3v) is 4.95. The summed E-state index contributed by atoms with van der Waals surface area (Å²) < 4.78 is 31.6. The minimum atomic E-state index is -3.57. The van der Waals surface area contributed by atoms with Crippen molar-refractivity contribution in [2.45, 2.75) is 24.8 Å². The molecular formula is C14H17ClN2O3S. The van der Waals surface area contributed by atoms with Crippen molar-refractivity contribution in [2.75, 3.05) is 14.1 Å². The van der Waals surface area contributed by atoms with E-state index in [-0.39, 0.29) is 16.2 Å². The molecule has 0 spiro atoms. The topological polar surface area (TPSA) is 59.5 Å². The number of ether oxygens (including phenoxy) is 1. The molecule has 0 aliphatic carbocycles. The van der Waals surface area contributed by atoms with Gasteiger partial charge in [0.05, 0.1) is 11.0 Å². The molecule has 21 heavy (non-hydrogen) atoms. The second-order valence-corrected chi connectivity index (χ2v) is 7.55. The standard InChI is InChI=1S/C14H17ClN2O3S/c1-9(2)20-11-6-7-12(21(18,19)17(3)4)10-5-8-13(15)16-14(10)11/h5-9H,1-4H3. The molecular weight excluding hydrogens is 312 g/mol. The lowest BCUT2D eigenvalue weighted by Crippen LogP contribution is -2.22. The molecule has 0 saturated heterocycles. The van der Waals surface area contributed by atoms with Gasteiger partial charge in [-0.05, 0) is 38.1 Å². The molecule has 0 aliphatic rings. The molecule has 0 N–H and O–H groups in total. The Bertz CT molecular complexity index is 773. The van der Waals surface area contributed by atoms with E-state index in [9.17, 15) is 8.42 Å². The van der Waals surface area contributed by atoms with Crippen LogP contribution in [-0.4, -0.2) is 37.9 Å². The van der Waals surface area contributed by atoms with E-state index >= 15 is 0 Å². The molecule has 5 nitrogen and oxygen atoms in total. The summed E-state index contributed by atoms with van der Waals surface area (Å²) in [6.45, 7) is 3.78. The SMILES string of the molecule is CC(C)Oc1ccc(S(=O)(=O)N(C)C)c2ccc(Cl)nc12. The maximum Gasteiger partial charge on any atom is 0.243 e. The molecule has 2 aromatic rings. The lowest BCUT2D eigenvalue weighted by Gasteiger charge is -2.16. The molecule has 0 unspecified atom stereocenters. The van der Waals surface area contributed by atoms with Crippen molar-refractivity contribution in [3.63, 3.8) is 0 Å². The van der Waals surface area contributed by atoms with Crippen LogP contribution in [0.3, 0.4) is 0 Å². The number of nitrogens with zero attached hydrogens (tertiary/aromatic N) is 2. The van der Waals surface area contributed by atoms with Crippen LogP contribution in [-0.2, 0) is 10.0 Å². The quantitative estimate of drug-likeness (QED) is 0.810. The lowest BCUT2D eigenvalue weighted by atomic mass is 10.2. The summed E-state index contributed by atoms with van der Waals surface area (Å²) in [6, 6.07) is 6.36. The van der Waals surface area contributed by atoms with Gasteiger partial charge in [-0.2, -0.15) is 0 Å². The van der Waals surface area contributed by atoms with Crippen molar-refractivity contribution < 1.29 is 13.2 Å². The molecule has 0 aliphatic heterocycles. The molecule has 0 atom stereocenters. The third kappa shape index (κ3) is 3.12. The fourth-order valence-electron chi connectivity index (χ4n) is 1.91. The van der Waals surface area contributed by atoms with E-state index in [1.54, 1.807) is 18.2 Å². The van der Waals surface area contributed by atoms with Crippen LogP contribution in [0.5, 0.6) is 5.75 Å². The van der Waals surface area contributed by atoms with Crippen molar-refractivity contribution in [3.05, 3.63) is 29.4 Å². The minimum absolute atomic E-state index is 0.0507. The van der Waals surface area contributed by atoms with Gasteiger partial charge in [0.2, 0.25) is 10.0 Å². The summed E-state index contributed by atoms with van der Waals surface area (Å²) in [5.74, 6) is 0.514. The molecule has 1 heterocycles. The summed E-state index contributed by atoms with van der Waals surface area (Å²) in [7, 11) is -0.589. The van der Waals surface area contributed by atoms with Crippen LogP contribution in [0.4, 0.5) is 0 Å². The average Bonchev–Trinajstić information content (AvgIpc) is 2.38. The number of benzene rings is 1. The Kier molecular flexibility index (Phi) is 4.41. The molecule has 1 aromatic carbocycles. The van der Waals surface area contributed by atoms with Gasteiger partial charge in [0.15, 0.2) is 0 Å². The number of fused-ring (bicyclic) bond motifs is 1. The van der Waals surface area contributed by atoms with Crippen molar-refractivity contribution in [2.24, 2.45) is 0 Å².